The lowest BCUT2D eigenvalue weighted by Gasteiger charge is -2.24. The summed E-state index contributed by atoms with van der Waals surface area (Å²) in [6, 6.07) is 0. The van der Waals surface area contributed by atoms with Crippen molar-refractivity contribution >= 4 is 26.2 Å². The number of ether oxygens (including phenoxy) is 2. The highest BCUT2D eigenvalue weighted by Crippen LogP contribution is 2.26. The van der Waals surface area contributed by atoms with E-state index in [1.165, 1.54) is 89.2 Å². The van der Waals surface area contributed by atoms with Crippen LogP contribution in [0.1, 0.15) is 117 Å². The van der Waals surface area contributed by atoms with Gasteiger partial charge < -0.3 is 24.3 Å². The van der Waals surface area contributed by atoms with Gasteiger partial charge in [0.1, 0.15) is 8.46 Å². The van der Waals surface area contributed by atoms with Crippen LogP contribution < -0.4 is 0 Å². The molecule has 0 aromatic heterocycles. The van der Waals surface area contributed by atoms with Crippen molar-refractivity contribution in [3.05, 3.63) is 0 Å². The molecule has 0 heterocycles. The molecule has 6 nitrogen and oxygen atoms in total. The highest BCUT2D eigenvalue weighted by atomic mass is 32.2. The molecule has 0 aromatic carbocycles. The molecule has 0 fully saturated rings. The normalized spacial score (nSPS) is 15.6. The van der Waals surface area contributed by atoms with Crippen molar-refractivity contribution in [1.82, 2.24) is 0 Å². The molecule has 4 unspecified atom stereocenters. The van der Waals surface area contributed by atoms with E-state index in [-0.39, 0.29) is 12.7 Å². The molecule has 198 valence electrons. The highest BCUT2D eigenvalue weighted by molar-refractivity contribution is 7.99. The number of hydrogen-bond donors (Lipinski definition) is 2. The van der Waals surface area contributed by atoms with Gasteiger partial charge in [-0.3, -0.25) is 0 Å². The van der Waals surface area contributed by atoms with Gasteiger partial charge in [-0.05, 0) is 31.9 Å². The van der Waals surface area contributed by atoms with Gasteiger partial charge in [0.25, 0.3) is 0 Å². The van der Waals surface area contributed by atoms with E-state index < -0.39 is 20.0 Å². The quantitative estimate of drug-likeness (QED) is 0.0785. The summed E-state index contributed by atoms with van der Waals surface area (Å²) in [6.45, 7) is 7.02. The van der Waals surface area contributed by atoms with E-state index in [2.05, 4.69) is 20.8 Å². The Hall–Kier alpha value is -0.0700. The number of thioether (sulfide) groups is 1. The molecule has 4 atom stereocenters. The summed E-state index contributed by atoms with van der Waals surface area (Å²) in [6.07, 6.45) is 18.8. The number of rotatable bonds is 25. The number of carbonyl (C=O) groups is 1. The van der Waals surface area contributed by atoms with Crippen LogP contribution in [0.2, 0.25) is 0 Å². The van der Waals surface area contributed by atoms with Crippen LogP contribution in [0.3, 0.4) is 0 Å². The standard InChI is InChI=1S/C25H51O6PS/c1-4-6-8-10-11-12-13-14-16-21-33-23(18-15-9-7-5-2)22(3)30-19-17-20-31-25(28,32-29)24(26)27/h22-23,28H,4-21,32H2,1-3H3,(H,26,27). The number of carboxylic acids is 1. The van der Waals surface area contributed by atoms with Gasteiger partial charge >= 0.3 is 11.5 Å². The Balaban J connectivity index is 4.15. The first-order chi connectivity index (χ1) is 15.9. The monoisotopic (exact) mass is 510 g/mol. The van der Waals surface area contributed by atoms with E-state index in [0.717, 1.165) is 6.42 Å². The smallest absolute Gasteiger partial charge is 0.371 e. The zero-order valence-corrected chi connectivity index (χ0v) is 23.4. The minimum absolute atomic E-state index is 0.00247. The third-order valence-electron chi connectivity index (χ3n) is 5.90. The molecule has 0 amide bonds. The predicted octanol–water partition coefficient (Wildman–Crippen LogP) is 6.89. The van der Waals surface area contributed by atoms with E-state index in [0.29, 0.717) is 18.3 Å². The summed E-state index contributed by atoms with van der Waals surface area (Å²) in [5.74, 6) is -0.440. The first-order valence-electron chi connectivity index (χ1n) is 13.2. The first kappa shape index (κ1) is 32.9. The van der Waals surface area contributed by atoms with Crippen LogP contribution in [0.15, 0.2) is 0 Å². The Morgan fingerprint density at radius 2 is 1.42 bits per heavy atom. The Morgan fingerprint density at radius 3 is 1.97 bits per heavy atom. The third kappa shape index (κ3) is 17.9. The summed E-state index contributed by atoms with van der Waals surface area (Å²) < 4.78 is 21.9. The molecule has 0 aromatic rings. The molecule has 0 aliphatic rings. The Bertz CT molecular complexity index is 482. The van der Waals surface area contributed by atoms with Gasteiger partial charge in [0.05, 0.1) is 12.7 Å². The highest BCUT2D eigenvalue weighted by Gasteiger charge is 2.36. The first-order valence-corrected chi connectivity index (χ1v) is 15.3. The van der Waals surface area contributed by atoms with Gasteiger partial charge in [0, 0.05) is 11.9 Å². The minimum Gasteiger partial charge on any atom is -0.477 e. The largest absolute Gasteiger partial charge is 0.477 e. The molecule has 0 spiro atoms. The topological polar surface area (TPSA) is 93.1 Å². The van der Waals surface area contributed by atoms with Crippen LogP contribution in [0.5, 0.6) is 0 Å². The lowest BCUT2D eigenvalue weighted by atomic mass is 10.1. The summed E-state index contributed by atoms with van der Waals surface area (Å²) in [7, 11) is -1.98. The molecule has 0 saturated carbocycles. The Morgan fingerprint density at radius 1 is 0.879 bits per heavy atom. The molecule has 0 bridgehead atoms. The van der Waals surface area contributed by atoms with Crippen molar-refractivity contribution in [3.63, 3.8) is 0 Å². The van der Waals surface area contributed by atoms with E-state index in [1.807, 2.05) is 11.8 Å². The van der Waals surface area contributed by atoms with Crippen molar-refractivity contribution in [1.29, 1.82) is 0 Å². The fraction of sp³-hybridized carbons (Fsp3) is 0.960. The van der Waals surface area contributed by atoms with E-state index in [1.54, 1.807) is 0 Å². The lowest BCUT2D eigenvalue weighted by Crippen LogP contribution is -2.36. The van der Waals surface area contributed by atoms with Crippen molar-refractivity contribution in [3.8, 4) is 0 Å². The van der Waals surface area contributed by atoms with Gasteiger partial charge in [0.15, 0.2) is 0 Å². The van der Waals surface area contributed by atoms with E-state index in [9.17, 15) is 14.5 Å². The van der Waals surface area contributed by atoms with Crippen LogP contribution in [0, 0.1) is 0 Å². The van der Waals surface area contributed by atoms with Crippen LogP contribution in [-0.2, 0) is 18.8 Å². The van der Waals surface area contributed by atoms with Crippen LogP contribution in [-0.4, -0.2) is 52.0 Å². The van der Waals surface area contributed by atoms with Crippen molar-refractivity contribution in [2.45, 2.75) is 134 Å². The molecule has 0 saturated heterocycles. The van der Waals surface area contributed by atoms with Crippen molar-refractivity contribution < 1.29 is 29.0 Å². The summed E-state index contributed by atoms with van der Waals surface area (Å²) in [5.41, 5.74) is -2.56. The molecular formula is C25H51O6PS. The van der Waals surface area contributed by atoms with Gasteiger partial charge in [-0.2, -0.15) is 11.8 Å². The molecule has 0 aliphatic heterocycles. The summed E-state index contributed by atoms with van der Waals surface area (Å²) in [4.78, 5) is 10.9. The minimum atomic E-state index is -2.56. The molecule has 8 heteroatoms. The van der Waals surface area contributed by atoms with Crippen molar-refractivity contribution in [2.24, 2.45) is 0 Å². The lowest BCUT2D eigenvalue weighted by molar-refractivity contribution is -0.190. The summed E-state index contributed by atoms with van der Waals surface area (Å²) >= 11 is 2.03. The predicted molar refractivity (Wildman–Crippen MR) is 141 cm³/mol. The van der Waals surface area contributed by atoms with E-state index >= 15 is 0 Å². The van der Waals surface area contributed by atoms with Crippen molar-refractivity contribution in [2.75, 3.05) is 19.0 Å². The molecular weight excluding hydrogens is 459 g/mol. The molecule has 0 radical (unpaired) electrons. The average molecular weight is 511 g/mol. The van der Waals surface area contributed by atoms with Gasteiger partial charge in [-0.1, -0.05) is 90.9 Å². The van der Waals surface area contributed by atoms with Gasteiger partial charge in [-0.25, -0.2) is 4.79 Å². The molecule has 2 N–H and O–H groups in total. The fourth-order valence-electron chi connectivity index (χ4n) is 3.68. The second-order valence-electron chi connectivity index (χ2n) is 8.98. The zero-order valence-electron chi connectivity index (χ0n) is 21.4. The number of carboxylic acid groups (broad SMARTS) is 1. The van der Waals surface area contributed by atoms with Gasteiger partial charge in [-0.15, -0.1) is 0 Å². The Labute approximate surface area is 208 Å². The second kappa shape index (κ2) is 22.4. The molecule has 0 rings (SSSR count). The Kier molecular flexibility index (Phi) is 22.4. The van der Waals surface area contributed by atoms with Crippen LogP contribution in [0.25, 0.3) is 0 Å². The maximum absolute atomic E-state index is 10.9. The fourth-order valence-corrected chi connectivity index (χ4v) is 5.33. The summed E-state index contributed by atoms with van der Waals surface area (Å²) in [5, 5.41) is 19.0. The average Bonchev–Trinajstić information content (AvgIpc) is 2.80. The van der Waals surface area contributed by atoms with Gasteiger partial charge in [0.2, 0.25) is 0 Å². The zero-order chi connectivity index (χ0) is 24.8. The second-order valence-corrected chi connectivity index (χ2v) is 11.3. The number of aliphatic carboxylic acids is 1. The molecule has 0 aliphatic carbocycles. The number of hydrogen-bond acceptors (Lipinski definition) is 6. The van der Waals surface area contributed by atoms with Crippen LogP contribution in [0.4, 0.5) is 0 Å². The SMILES string of the molecule is CCCCCCCCCCCSC(CCCCCC)C(C)OCCCOC(O)([PH2]=O)C(=O)O. The third-order valence-corrected chi connectivity index (χ3v) is 8.21. The van der Waals surface area contributed by atoms with E-state index in [4.69, 9.17) is 14.6 Å². The van der Waals surface area contributed by atoms with Crippen LogP contribution >= 0.6 is 20.2 Å². The number of aliphatic hydroxyl groups is 1. The maximum atomic E-state index is 10.9. The maximum Gasteiger partial charge on any atom is 0.371 e. The molecule has 33 heavy (non-hydrogen) atoms. The number of unbranched alkanes of at least 4 members (excludes halogenated alkanes) is 11.